The molecule has 2 rings (SSSR count). The summed E-state index contributed by atoms with van der Waals surface area (Å²) in [6.45, 7) is 3.87. The van der Waals surface area contributed by atoms with Crippen molar-refractivity contribution in [3.63, 3.8) is 0 Å². The third-order valence-corrected chi connectivity index (χ3v) is 2.86. The van der Waals surface area contributed by atoms with Crippen LogP contribution >= 0.6 is 0 Å². The number of carbonyl (C=O) groups is 1. The molecule has 1 unspecified atom stereocenters. The third-order valence-electron chi connectivity index (χ3n) is 2.86. The first-order chi connectivity index (χ1) is 9.47. The molecule has 0 saturated carbocycles. The second kappa shape index (κ2) is 5.73. The quantitative estimate of drug-likeness (QED) is 0.868. The van der Waals surface area contributed by atoms with Crippen molar-refractivity contribution in [2.24, 2.45) is 5.92 Å². The van der Waals surface area contributed by atoms with Gasteiger partial charge < -0.3 is 14.8 Å². The smallest absolute Gasteiger partial charge is 0.441 e. The number of carboxylic acids is 1. The van der Waals surface area contributed by atoms with Gasteiger partial charge in [-0.3, -0.25) is 0 Å². The van der Waals surface area contributed by atoms with Gasteiger partial charge in [-0.25, -0.2) is 9.59 Å². The van der Waals surface area contributed by atoms with Gasteiger partial charge in [-0.05, 0) is 24.5 Å². The number of nitrogens with zero attached hydrogens (tertiary/aromatic N) is 1. The Hall–Kier alpha value is -2.37. The van der Waals surface area contributed by atoms with E-state index in [0.29, 0.717) is 17.4 Å². The van der Waals surface area contributed by atoms with Gasteiger partial charge in [-0.1, -0.05) is 26.0 Å². The van der Waals surface area contributed by atoms with Crippen molar-refractivity contribution in [3.05, 3.63) is 34.8 Å². The molecular formula is C14H16N2O4. The van der Waals surface area contributed by atoms with E-state index in [2.05, 4.69) is 10.3 Å². The zero-order valence-electron chi connectivity index (χ0n) is 11.3. The SMILES string of the molecule is CC(C)CC(Nc1nc(=O)oc2ccccc12)C(=O)O. The van der Waals surface area contributed by atoms with E-state index in [-0.39, 0.29) is 11.7 Å². The maximum absolute atomic E-state index is 11.4. The van der Waals surface area contributed by atoms with Crippen LogP contribution in [0.4, 0.5) is 5.82 Å². The number of anilines is 1. The molecule has 6 nitrogen and oxygen atoms in total. The number of fused-ring (bicyclic) bond motifs is 1. The lowest BCUT2D eigenvalue weighted by Gasteiger charge is -2.17. The van der Waals surface area contributed by atoms with Crippen LogP contribution in [0.3, 0.4) is 0 Å². The van der Waals surface area contributed by atoms with E-state index >= 15 is 0 Å². The van der Waals surface area contributed by atoms with Crippen LogP contribution in [0.15, 0.2) is 33.5 Å². The van der Waals surface area contributed by atoms with Gasteiger partial charge in [0.05, 0.1) is 5.39 Å². The fourth-order valence-corrected chi connectivity index (χ4v) is 1.99. The number of carboxylic acid groups (broad SMARTS) is 1. The normalized spacial score (nSPS) is 12.6. The molecule has 0 aliphatic heterocycles. The molecule has 106 valence electrons. The standard InChI is InChI=1S/C14H16N2O4/c1-8(2)7-10(13(17)18)15-12-9-5-3-4-6-11(9)20-14(19)16-12/h3-6,8,10H,7H2,1-2H3,(H,17,18)(H,15,16,19). The Morgan fingerprint density at radius 3 is 2.75 bits per heavy atom. The summed E-state index contributed by atoms with van der Waals surface area (Å²) >= 11 is 0. The fraction of sp³-hybridized carbons (Fsp3) is 0.357. The van der Waals surface area contributed by atoms with E-state index in [4.69, 9.17) is 4.42 Å². The number of aromatic nitrogens is 1. The van der Waals surface area contributed by atoms with E-state index in [1.807, 2.05) is 13.8 Å². The van der Waals surface area contributed by atoms with E-state index in [9.17, 15) is 14.7 Å². The van der Waals surface area contributed by atoms with Crippen LogP contribution in [-0.2, 0) is 4.79 Å². The summed E-state index contributed by atoms with van der Waals surface area (Å²) in [7, 11) is 0. The topological polar surface area (TPSA) is 92.4 Å². The molecule has 1 aromatic heterocycles. The van der Waals surface area contributed by atoms with E-state index < -0.39 is 17.8 Å². The molecule has 20 heavy (non-hydrogen) atoms. The van der Waals surface area contributed by atoms with Gasteiger partial charge >= 0.3 is 11.7 Å². The predicted octanol–water partition coefficient (Wildman–Crippen LogP) is 2.10. The lowest BCUT2D eigenvalue weighted by atomic mass is 10.0. The largest absolute Gasteiger partial charge is 0.480 e. The van der Waals surface area contributed by atoms with Crippen molar-refractivity contribution in [3.8, 4) is 0 Å². The Labute approximate surface area is 115 Å². The molecule has 0 aliphatic rings. The molecule has 0 amide bonds. The molecule has 0 radical (unpaired) electrons. The summed E-state index contributed by atoms with van der Waals surface area (Å²) in [5, 5.41) is 12.6. The van der Waals surface area contributed by atoms with Crippen molar-refractivity contribution < 1.29 is 14.3 Å². The van der Waals surface area contributed by atoms with Crippen molar-refractivity contribution in [1.82, 2.24) is 4.98 Å². The van der Waals surface area contributed by atoms with E-state index in [0.717, 1.165) is 0 Å². The summed E-state index contributed by atoms with van der Waals surface area (Å²) < 4.78 is 4.97. The maximum atomic E-state index is 11.4. The molecular weight excluding hydrogens is 260 g/mol. The average Bonchev–Trinajstić information content (AvgIpc) is 2.37. The first kappa shape index (κ1) is 14.0. The molecule has 2 N–H and O–H groups in total. The predicted molar refractivity (Wildman–Crippen MR) is 74.8 cm³/mol. The van der Waals surface area contributed by atoms with Crippen LogP contribution in [0.2, 0.25) is 0 Å². The van der Waals surface area contributed by atoms with E-state index in [1.54, 1.807) is 24.3 Å². The number of aliphatic carboxylic acids is 1. The minimum Gasteiger partial charge on any atom is -0.480 e. The lowest BCUT2D eigenvalue weighted by molar-refractivity contribution is -0.138. The molecule has 1 aromatic carbocycles. The second-order valence-corrected chi connectivity index (χ2v) is 4.99. The number of benzene rings is 1. The second-order valence-electron chi connectivity index (χ2n) is 4.99. The van der Waals surface area contributed by atoms with Gasteiger partial charge in [-0.15, -0.1) is 0 Å². The number of hydrogen-bond donors (Lipinski definition) is 2. The summed E-state index contributed by atoms with van der Waals surface area (Å²) in [5.41, 5.74) is 0.378. The van der Waals surface area contributed by atoms with Crippen LogP contribution in [-0.4, -0.2) is 22.1 Å². The van der Waals surface area contributed by atoms with Crippen LogP contribution in [0.5, 0.6) is 0 Å². The molecule has 0 fully saturated rings. The van der Waals surface area contributed by atoms with Crippen molar-refractivity contribution in [2.75, 3.05) is 5.32 Å². The highest BCUT2D eigenvalue weighted by Crippen LogP contribution is 2.20. The first-order valence-electron chi connectivity index (χ1n) is 6.36. The van der Waals surface area contributed by atoms with Gasteiger partial charge in [0, 0.05) is 0 Å². The Bertz CT molecular complexity index is 678. The molecule has 0 saturated heterocycles. The van der Waals surface area contributed by atoms with Crippen molar-refractivity contribution in [2.45, 2.75) is 26.3 Å². The highest BCUT2D eigenvalue weighted by atomic mass is 16.4. The molecule has 1 heterocycles. The van der Waals surface area contributed by atoms with Gasteiger partial charge in [0.25, 0.3) is 0 Å². The zero-order valence-corrected chi connectivity index (χ0v) is 11.3. The van der Waals surface area contributed by atoms with Gasteiger partial charge in [0.15, 0.2) is 0 Å². The Kier molecular flexibility index (Phi) is 4.02. The molecule has 0 spiro atoms. The third kappa shape index (κ3) is 3.14. The summed E-state index contributed by atoms with van der Waals surface area (Å²) in [5.74, 6) is -1.28. The highest BCUT2D eigenvalue weighted by molar-refractivity contribution is 5.89. The molecule has 2 aromatic rings. The van der Waals surface area contributed by atoms with Gasteiger partial charge in [0.2, 0.25) is 0 Å². The van der Waals surface area contributed by atoms with Crippen LogP contribution in [0, 0.1) is 5.92 Å². The first-order valence-corrected chi connectivity index (χ1v) is 6.36. The Morgan fingerprint density at radius 2 is 2.10 bits per heavy atom. The number of nitrogens with one attached hydrogen (secondary N) is 1. The minimum atomic E-state index is -0.974. The molecule has 0 bridgehead atoms. The monoisotopic (exact) mass is 276 g/mol. The molecule has 1 atom stereocenters. The van der Waals surface area contributed by atoms with E-state index in [1.165, 1.54) is 0 Å². The Morgan fingerprint density at radius 1 is 1.40 bits per heavy atom. The summed E-state index contributed by atoms with van der Waals surface area (Å²) in [6, 6.07) is 6.07. The fourth-order valence-electron chi connectivity index (χ4n) is 1.99. The number of para-hydroxylation sites is 1. The van der Waals surface area contributed by atoms with Gasteiger partial charge in [0.1, 0.15) is 17.4 Å². The minimum absolute atomic E-state index is 0.204. The number of hydrogen-bond acceptors (Lipinski definition) is 5. The summed E-state index contributed by atoms with van der Waals surface area (Å²) in [6.07, 6.45) is 0.436. The van der Waals surface area contributed by atoms with Crippen molar-refractivity contribution >= 4 is 22.8 Å². The number of rotatable bonds is 5. The zero-order chi connectivity index (χ0) is 14.7. The maximum Gasteiger partial charge on any atom is 0.441 e. The molecule has 6 heteroatoms. The lowest BCUT2D eigenvalue weighted by Crippen LogP contribution is -2.31. The van der Waals surface area contributed by atoms with Crippen LogP contribution in [0.1, 0.15) is 20.3 Å². The van der Waals surface area contributed by atoms with Gasteiger partial charge in [-0.2, -0.15) is 4.98 Å². The molecule has 0 aliphatic carbocycles. The average molecular weight is 276 g/mol. The van der Waals surface area contributed by atoms with Crippen LogP contribution < -0.4 is 11.1 Å². The highest BCUT2D eigenvalue weighted by Gasteiger charge is 2.20. The van der Waals surface area contributed by atoms with Crippen molar-refractivity contribution in [1.29, 1.82) is 0 Å². The summed E-state index contributed by atoms with van der Waals surface area (Å²) in [4.78, 5) is 26.4. The van der Waals surface area contributed by atoms with Crippen LogP contribution in [0.25, 0.3) is 11.0 Å². The Balaban J connectivity index is 2.41.